The van der Waals surface area contributed by atoms with Crippen LogP contribution in [0.2, 0.25) is 0 Å². The molecule has 0 aromatic heterocycles. The lowest BCUT2D eigenvalue weighted by Gasteiger charge is -2.24. The van der Waals surface area contributed by atoms with E-state index < -0.39 is 23.9 Å². The van der Waals surface area contributed by atoms with Crippen molar-refractivity contribution >= 4 is 28.7 Å². The van der Waals surface area contributed by atoms with Crippen LogP contribution in [0.15, 0.2) is 30.3 Å². The molecule has 6 heteroatoms. The molecule has 22 heavy (non-hydrogen) atoms. The number of hydrogen-bond acceptors (Lipinski definition) is 3. The van der Waals surface area contributed by atoms with Gasteiger partial charge in [0.15, 0.2) is 0 Å². The van der Waals surface area contributed by atoms with Gasteiger partial charge in [-0.25, -0.2) is 9.18 Å². The van der Waals surface area contributed by atoms with Crippen molar-refractivity contribution in [2.45, 2.75) is 45.2 Å². The summed E-state index contributed by atoms with van der Waals surface area (Å²) in [6.45, 7) is 5.57. The van der Waals surface area contributed by atoms with Gasteiger partial charge in [-0.15, -0.1) is 0 Å². The van der Waals surface area contributed by atoms with Crippen molar-refractivity contribution in [3.8, 4) is 0 Å². The molecule has 1 rings (SSSR count). The highest BCUT2D eigenvalue weighted by Crippen LogP contribution is 2.10. The Morgan fingerprint density at radius 2 is 1.95 bits per heavy atom. The van der Waals surface area contributed by atoms with Gasteiger partial charge < -0.3 is 14.8 Å². The van der Waals surface area contributed by atoms with Crippen LogP contribution in [0.1, 0.15) is 26.3 Å². The molecule has 4 nitrogen and oxygen atoms in total. The summed E-state index contributed by atoms with van der Waals surface area (Å²) < 4.78 is 25.1. The second kappa shape index (κ2) is 9.29. The van der Waals surface area contributed by atoms with Gasteiger partial charge in [0.25, 0.3) is 0 Å². The normalized spacial score (nSPS) is 14.2. The van der Waals surface area contributed by atoms with Gasteiger partial charge in [0.1, 0.15) is 11.8 Å². The van der Waals surface area contributed by atoms with E-state index in [1.165, 1.54) is 0 Å². The van der Waals surface area contributed by atoms with Crippen molar-refractivity contribution in [2.75, 3.05) is 11.0 Å². The predicted octanol–water partition coefficient (Wildman–Crippen LogP) is 3.87. The van der Waals surface area contributed by atoms with Gasteiger partial charge in [-0.3, -0.25) is 0 Å². The molecule has 0 bridgehead atoms. The zero-order valence-electron chi connectivity index (χ0n) is 13.1. The van der Waals surface area contributed by atoms with Crippen LogP contribution in [0.25, 0.3) is 0 Å². The van der Waals surface area contributed by atoms with Crippen LogP contribution in [0.3, 0.4) is 0 Å². The van der Waals surface area contributed by atoms with E-state index in [0.717, 1.165) is 5.56 Å². The molecule has 0 saturated heterocycles. The van der Waals surface area contributed by atoms with Crippen molar-refractivity contribution in [1.29, 1.82) is 0 Å². The summed E-state index contributed by atoms with van der Waals surface area (Å²) in [5, 5.41) is 2.55. The van der Waals surface area contributed by atoms with E-state index in [9.17, 15) is 9.18 Å². The Bertz CT molecular complexity index is 450. The minimum absolute atomic E-state index is 0.0711. The van der Waals surface area contributed by atoms with Crippen molar-refractivity contribution in [1.82, 2.24) is 5.32 Å². The molecular weight excluding hydrogens is 400 g/mol. The fourth-order valence-electron chi connectivity index (χ4n) is 1.66. The zero-order valence-corrected chi connectivity index (χ0v) is 15.3. The fraction of sp³-hybridized carbons (Fsp3) is 0.562. The number of benzene rings is 1. The Kier molecular flexibility index (Phi) is 8.09. The standard InChI is InChI=1S/C16H23FINO3/c1-16(2,3)22-15(20)19-14(9-18)13(17)11-21-10-12-7-5-4-6-8-12/h4-8,13-14H,9-11H2,1-3H3,(H,19,20). The molecule has 0 saturated carbocycles. The van der Waals surface area contributed by atoms with Crippen molar-refractivity contribution < 1.29 is 18.7 Å². The average Bonchev–Trinajstić information content (AvgIpc) is 2.44. The Hall–Kier alpha value is -0.890. The van der Waals surface area contributed by atoms with E-state index in [0.29, 0.717) is 11.0 Å². The first-order chi connectivity index (χ1) is 10.3. The SMILES string of the molecule is CC(C)(C)OC(=O)NC(CI)C(F)COCc1ccccc1. The largest absolute Gasteiger partial charge is 0.444 e. The van der Waals surface area contributed by atoms with E-state index in [-0.39, 0.29) is 6.61 Å². The number of alkyl carbamates (subject to hydrolysis) is 1. The van der Waals surface area contributed by atoms with Gasteiger partial charge in [-0.2, -0.15) is 0 Å². The summed E-state index contributed by atoms with van der Waals surface area (Å²) in [6.07, 6.45) is -1.90. The third kappa shape index (κ3) is 7.93. The molecule has 1 amide bonds. The summed E-state index contributed by atoms with van der Waals surface area (Å²) in [5.41, 5.74) is 0.385. The number of ether oxygens (including phenoxy) is 2. The number of carbonyl (C=O) groups excluding carboxylic acids is 1. The molecular formula is C16H23FINO3. The first-order valence-electron chi connectivity index (χ1n) is 7.13. The van der Waals surface area contributed by atoms with Crippen molar-refractivity contribution in [2.24, 2.45) is 0 Å². The zero-order chi connectivity index (χ0) is 16.6. The smallest absolute Gasteiger partial charge is 0.407 e. The fourth-order valence-corrected chi connectivity index (χ4v) is 2.44. The molecule has 1 aromatic carbocycles. The molecule has 0 radical (unpaired) electrons. The lowest BCUT2D eigenvalue weighted by atomic mass is 10.2. The van der Waals surface area contributed by atoms with Crippen LogP contribution in [-0.2, 0) is 16.1 Å². The minimum atomic E-state index is -1.28. The van der Waals surface area contributed by atoms with Crippen LogP contribution in [0, 0.1) is 0 Å². The van der Waals surface area contributed by atoms with E-state index >= 15 is 0 Å². The minimum Gasteiger partial charge on any atom is -0.444 e. The van der Waals surface area contributed by atoms with Crippen LogP contribution < -0.4 is 5.32 Å². The topological polar surface area (TPSA) is 47.6 Å². The lowest BCUT2D eigenvalue weighted by molar-refractivity contribution is 0.0367. The molecule has 0 aliphatic heterocycles. The summed E-state index contributed by atoms with van der Waals surface area (Å²) in [7, 11) is 0. The van der Waals surface area contributed by atoms with Crippen LogP contribution in [0.5, 0.6) is 0 Å². The van der Waals surface area contributed by atoms with Crippen molar-refractivity contribution in [3.05, 3.63) is 35.9 Å². The van der Waals surface area contributed by atoms with Crippen LogP contribution >= 0.6 is 22.6 Å². The quantitative estimate of drug-likeness (QED) is 0.535. The van der Waals surface area contributed by atoms with Gasteiger partial charge in [0.2, 0.25) is 0 Å². The highest BCUT2D eigenvalue weighted by atomic mass is 127. The van der Waals surface area contributed by atoms with Crippen LogP contribution in [-0.4, -0.2) is 34.9 Å². The van der Waals surface area contributed by atoms with Gasteiger partial charge in [-0.1, -0.05) is 52.9 Å². The monoisotopic (exact) mass is 423 g/mol. The van der Waals surface area contributed by atoms with Crippen LogP contribution in [0.4, 0.5) is 9.18 Å². The van der Waals surface area contributed by atoms with Crippen molar-refractivity contribution in [3.63, 3.8) is 0 Å². The highest BCUT2D eigenvalue weighted by molar-refractivity contribution is 14.1. The second-order valence-corrected chi connectivity index (χ2v) is 6.80. The highest BCUT2D eigenvalue weighted by Gasteiger charge is 2.25. The lowest BCUT2D eigenvalue weighted by Crippen LogP contribution is -2.46. The molecule has 2 unspecified atom stereocenters. The molecule has 1 aromatic rings. The third-order valence-corrected chi connectivity index (χ3v) is 3.64. The Labute approximate surface area is 144 Å². The molecule has 0 aliphatic carbocycles. The first kappa shape index (κ1) is 19.2. The average molecular weight is 423 g/mol. The maximum absolute atomic E-state index is 14.2. The molecule has 1 N–H and O–H groups in total. The maximum atomic E-state index is 14.2. The van der Waals surface area contributed by atoms with E-state index in [1.807, 2.05) is 52.9 Å². The molecule has 0 fully saturated rings. The number of rotatable bonds is 7. The predicted molar refractivity (Wildman–Crippen MR) is 93.0 cm³/mol. The summed E-state index contributed by atoms with van der Waals surface area (Å²) in [4.78, 5) is 11.7. The van der Waals surface area contributed by atoms with E-state index in [1.54, 1.807) is 20.8 Å². The number of amides is 1. The molecule has 0 heterocycles. The number of halogens is 2. The maximum Gasteiger partial charge on any atom is 0.407 e. The number of carbonyl (C=O) groups is 1. The molecule has 0 aliphatic rings. The summed E-state index contributed by atoms with van der Waals surface area (Å²) in [6, 6.07) is 8.93. The summed E-state index contributed by atoms with van der Waals surface area (Å²) >= 11 is 2.03. The molecule has 0 spiro atoms. The molecule has 124 valence electrons. The number of nitrogens with one attached hydrogen (secondary N) is 1. The Morgan fingerprint density at radius 3 is 2.50 bits per heavy atom. The second-order valence-electron chi connectivity index (χ2n) is 5.92. The van der Waals surface area contributed by atoms with Gasteiger partial charge in [0.05, 0.1) is 19.3 Å². The summed E-state index contributed by atoms with van der Waals surface area (Å²) in [5.74, 6) is 0. The number of alkyl halides is 2. The van der Waals surface area contributed by atoms with Gasteiger partial charge in [0, 0.05) is 4.43 Å². The Morgan fingerprint density at radius 1 is 1.32 bits per heavy atom. The van der Waals surface area contributed by atoms with Gasteiger partial charge in [-0.05, 0) is 26.3 Å². The van der Waals surface area contributed by atoms with Gasteiger partial charge >= 0.3 is 6.09 Å². The Balaban J connectivity index is 2.37. The third-order valence-electron chi connectivity index (χ3n) is 2.69. The molecule has 2 atom stereocenters. The first-order valence-corrected chi connectivity index (χ1v) is 8.65. The number of hydrogen-bond donors (Lipinski definition) is 1. The van der Waals surface area contributed by atoms with E-state index in [2.05, 4.69) is 5.32 Å². The van der Waals surface area contributed by atoms with E-state index in [4.69, 9.17) is 9.47 Å².